The van der Waals surface area contributed by atoms with Crippen LogP contribution in [0, 0.1) is 0 Å². The third kappa shape index (κ3) is 1.15. The van der Waals surface area contributed by atoms with Crippen molar-refractivity contribution in [1.82, 2.24) is 9.55 Å². The largest absolute Gasteiger partial charge is 0.318 e. The lowest BCUT2D eigenvalue weighted by Gasteiger charge is -1.97. The van der Waals surface area contributed by atoms with Crippen LogP contribution in [0.25, 0.3) is 10.7 Å². The number of thiophene rings is 1. The lowest BCUT2D eigenvalue weighted by Crippen LogP contribution is -1.89. The highest BCUT2D eigenvalue weighted by molar-refractivity contribution is 7.13. The van der Waals surface area contributed by atoms with Gasteiger partial charge in [0, 0.05) is 7.05 Å². The van der Waals surface area contributed by atoms with Crippen LogP contribution in [0.1, 0.15) is 0 Å². The normalized spacial score (nSPS) is 10.5. The van der Waals surface area contributed by atoms with Crippen LogP contribution in [-0.2, 0) is 7.05 Å². The summed E-state index contributed by atoms with van der Waals surface area (Å²) in [4.78, 5) is 5.34. The summed E-state index contributed by atoms with van der Waals surface area (Å²) in [5, 5.41) is 2.69. The molecule has 0 saturated carbocycles. The number of hydrogen-bond donors (Lipinski definition) is 0. The van der Waals surface area contributed by atoms with E-state index in [1.165, 1.54) is 0 Å². The average Bonchev–Trinajstić information content (AvgIpc) is 2.64. The van der Waals surface area contributed by atoms with E-state index in [9.17, 15) is 0 Å². The van der Waals surface area contributed by atoms with Crippen LogP contribution in [0.4, 0.5) is 0 Å². The Kier molecular flexibility index (Phi) is 1.90. The summed E-state index contributed by atoms with van der Waals surface area (Å²) in [6, 6.07) is 4.03. The molecule has 2 aromatic rings. The molecule has 0 aromatic carbocycles. The van der Waals surface area contributed by atoms with Crippen molar-refractivity contribution < 1.29 is 0 Å². The number of aromatic nitrogens is 2. The Labute approximate surface area is 79.4 Å². The van der Waals surface area contributed by atoms with Crippen molar-refractivity contribution in [2.75, 3.05) is 0 Å². The zero-order valence-corrected chi connectivity index (χ0v) is 8.06. The van der Waals surface area contributed by atoms with Crippen LogP contribution in [0.2, 0.25) is 5.15 Å². The fourth-order valence-electron chi connectivity index (χ4n) is 1.02. The number of halogens is 1. The van der Waals surface area contributed by atoms with Gasteiger partial charge in [-0.15, -0.1) is 11.3 Å². The molecule has 4 heteroatoms. The first-order valence-electron chi connectivity index (χ1n) is 3.50. The molecule has 2 nitrogen and oxygen atoms in total. The van der Waals surface area contributed by atoms with Gasteiger partial charge in [0.05, 0.1) is 11.1 Å². The Hall–Kier alpha value is -0.800. The van der Waals surface area contributed by atoms with Crippen LogP contribution in [0.3, 0.4) is 0 Å². The number of nitrogens with zero attached hydrogens (tertiary/aromatic N) is 2. The van der Waals surface area contributed by atoms with Crippen LogP contribution in [0.15, 0.2) is 23.7 Å². The van der Waals surface area contributed by atoms with Crippen LogP contribution < -0.4 is 0 Å². The molecule has 0 radical (unpaired) electrons. The Morgan fingerprint density at radius 2 is 2.42 bits per heavy atom. The molecule has 12 heavy (non-hydrogen) atoms. The highest BCUT2D eigenvalue weighted by Crippen LogP contribution is 2.24. The maximum atomic E-state index is 5.85. The van der Waals surface area contributed by atoms with Gasteiger partial charge >= 0.3 is 0 Å². The lowest BCUT2D eigenvalue weighted by molar-refractivity contribution is 0.929. The molecule has 0 atom stereocenters. The molecule has 2 heterocycles. The van der Waals surface area contributed by atoms with Gasteiger partial charge in [0.2, 0.25) is 0 Å². The summed E-state index contributed by atoms with van der Waals surface area (Å²) in [5.41, 5.74) is 0. The van der Waals surface area contributed by atoms with Crippen molar-refractivity contribution in [1.29, 1.82) is 0 Å². The maximum absolute atomic E-state index is 5.85. The minimum atomic E-state index is 0.665. The first-order chi connectivity index (χ1) is 5.79. The molecule has 0 bridgehead atoms. The fraction of sp³-hybridized carbons (Fsp3) is 0.125. The summed E-state index contributed by atoms with van der Waals surface area (Å²) >= 11 is 7.51. The molecule has 0 N–H and O–H groups in total. The zero-order chi connectivity index (χ0) is 8.55. The smallest absolute Gasteiger partial charge is 0.150 e. The van der Waals surface area contributed by atoms with E-state index in [1.807, 2.05) is 29.1 Å². The Morgan fingerprint density at radius 1 is 1.58 bits per heavy atom. The van der Waals surface area contributed by atoms with Crippen molar-refractivity contribution in [3.8, 4) is 10.7 Å². The van der Waals surface area contributed by atoms with E-state index in [0.717, 1.165) is 10.7 Å². The molecule has 0 fully saturated rings. The molecule has 0 aliphatic rings. The van der Waals surface area contributed by atoms with E-state index in [-0.39, 0.29) is 0 Å². The predicted molar refractivity (Wildman–Crippen MR) is 51.5 cm³/mol. The SMILES string of the molecule is Cn1c(Cl)cnc1-c1cccs1. The molecule has 2 rings (SSSR count). The van der Waals surface area contributed by atoms with Gasteiger partial charge in [-0.2, -0.15) is 0 Å². The second kappa shape index (κ2) is 2.92. The molecule has 0 aliphatic heterocycles. The zero-order valence-electron chi connectivity index (χ0n) is 6.49. The molecular weight excluding hydrogens is 192 g/mol. The molecule has 2 aromatic heterocycles. The quantitative estimate of drug-likeness (QED) is 0.689. The second-order valence-corrected chi connectivity index (χ2v) is 3.78. The number of hydrogen-bond acceptors (Lipinski definition) is 2. The molecule has 0 saturated heterocycles. The first-order valence-corrected chi connectivity index (χ1v) is 4.76. The molecule has 0 spiro atoms. The van der Waals surface area contributed by atoms with Crippen LogP contribution >= 0.6 is 22.9 Å². The molecule has 62 valence electrons. The second-order valence-electron chi connectivity index (χ2n) is 2.44. The number of imidazole rings is 1. The van der Waals surface area contributed by atoms with Gasteiger partial charge in [0.25, 0.3) is 0 Å². The predicted octanol–water partition coefficient (Wildman–Crippen LogP) is 2.80. The van der Waals surface area contributed by atoms with Gasteiger partial charge in [0.1, 0.15) is 5.15 Å². The van der Waals surface area contributed by atoms with Gasteiger partial charge < -0.3 is 4.57 Å². The fourth-order valence-corrected chi connectivity index (χ4v) is 1.91. The summed E-state index contributed by atoms with van der Waals surface area (Å²) in [5.74, 6) is 0.926. The molecule has 0 amide bonds. The number of rotatable bonds is 1. The minimum absolute atomic E-state index is 0.665. The van der Waals surface area contributed by atoms with Gasteiger partial charge in [-0.3, -0.25) is 0 Å². The van der Waals surface area contributed by atoms with Gasteiger partial charge in [-0.1, -0.05) is 17.7 Å². The highest BCUT2D eigenvalue weighted by atomic mass is 35.5. The van der Waals surface area contributed by atoms with Gasteiger partial charge in [-0.25, -0.2) is 4.98 Å². The van der Waals surface area contributed by atoms with E-state index in [2.05, 4.69) is 4.98 Å². The summed E-state index contributed by atoms with van der Waals surface area (Å²) in [6.45, 7) is 0. The van der Waals surface area contributed by atoms with E-state index in [4.69, 9.17) is 11.6 Å². The van der Waals surface area contributed by atoms with Crippen molar-refractivity contribution in [2.45, 2.75) is 0 Å². The molecule has 0 unspecified atom stereocenters. The average molecular weight is 199 g/mol. The van der Waals surface area contributed by atoms with E-state index < -0.39 is 0 Å². The Bertz CT molecular complexity index is 378. The van der Waals surface area contributed by atoms with E-state index in [0.29, 0.717) is 5.15 Å². The lowest BCUT2D eigenvalue weighted by atomic mass is 10.4. The van der Waals surface area contributed by atoms with Crippen LogP contribution in [0.5, 0.6) is 0 Å². The third-order valence-corrected chi connectivity index (χ3v) is 2.89. The first kappa shape index (κ1) is 7.83. The van der Waals surface area contributed by atoms with Crippen molar-refractivity contribution in [3.63, 3.8) is 0 Å². The summed E-state index contributed by atoms with van der Waals surface area (Å²) in [6.07, 6.45) is 1.66. The molecular formula is C8H7ClN2S. The Balaban J connectivity index is 2.55. The van der Waals surface area contributed by atoms with Crippen molar-refractivity contribution >= 4 is 22.9 Å². The third-order valence-electron chi connectivity index (χ3n) is 1.67. The molecule has 0 aliphatic carbocycles. The van der Waals surface area contributed by atoms with E-state index >= 15 is 0 Å². The van der Waals surface area contributed by atoms with Gasteiger partial charge in [-0.05, 0) is 11.4 Å². The van der Waals surface area contributed by atoms with E-state index in [1.54, 1.807) is 17.5 Å². The summed E-state index contributed by atoms with van der Waals surface area (Å²) in [7, 11) is 1.91. The van der Waals surface area contributed by atoms with Gasteiger partial charge in [0.15, 0.2) is 5.82 Å². The van der Waals surface area contributed by atoms with Crippen molar-refractivity contribution in [2.24, 2.45) is 7.05 Å². The van der Waals surface area contributed by atoms with Crippen LogP contribution in [-0.4, -0.2) is 9.55 Å². The monoisotopic (exact) mass is 198 g/mol. The summed E-state index contributed by atoms with van der Waals surface area (Å²) < 4.78 is 1.87. The Morgan fingerprint density at radius 3 is 2.92 bits per heavy atom. The minimum Gasteiger partial charge on any atom is -0.318 e. The topological polar surface area (TPSA) is 17.8 Å². The highest BCUT2D eigenvalue weighted by Gasteiger charge is 2.06. The maximum Gasteiger partial charge on any atom is 0.150 e. The standard InChI is InChI=1S/C8H7ClN2S/c1-11-7(9)5-10-8(11)6-3-2-4-12-6/h2-5H,1H3. The van der Waals surface area contributed by atoms with Crippen molar-refractivity contribution in [3.05, 3.63) is 28.9 Å².